The number of aryl methyl sites for hydroxylation is 1. The van der Waals surface area contributed by atoms with Crippen molar-refractivity contribution in [1.82, 2.24) is 4.98 Å². The van der Waals surface area contributed by atoms with Crippen molar-refractivity contribution < 1.29 is 31.1 Å². The van der Waals surface area contributed by atoms with Crippen molar-refractivity contribution in [1.29, 1.82) is 0 Å². The van der Waals surface area contributed by atoms with E-state index in [9.17, 15) is 26.3 Å². The van der Waals surface area contributed by atoms with E-state index in [1.165, 1.54) is 24.3 Å². The number of halogens is 6. The highest BCUT2D eigenvalue weighted by atomic mass is 19.4. The predicted octanol–water partition coefficient (Wildman–Crippen LogP) is 6.07. The van der Waals surface area contributed by atoms with Gasteiger partial charge in [-0.05, 0) is 35.6 Å². The number of hydrogen-bond donors (Lipinski definition) is 1. The summed E-state index contributed by atoms with van der Waals surface area (Å²) in [7, 11) is 0. The van der Waals surface area contributed by atoms with Crippen molar-refractivity contribution >= 4 is 16.6 Å². The zero-order valence-corrected chi connectivity index (χ0v) is 14.4. The number of hydrogen-bond acceptors (Lipinski definition) is 3. The standard InChI is InChI=1S/C19H14F6N2O/c1-11-14-4-2-3-5-15(14)16(18(20,21)22)27-17(11)26-10-12-6-8-13(9-7-12)28-19(23,24)25/h2-9H,10H2,1H3,(H,26,27). The molecule has 3 nitrogen and oxygen atoms in total. The fourth-order valence-corrected chi connectivity index (χ4v) is 2.78. The number of anilines is 1. The number of pyridine rings is 1. The van der Waals surface area contributed by atoms with Gasteiger partial charge in [-0.25, -0.2) is 4.98 Å². The van der Waals surface area contributed by atoms with Crippen LogP contribution in [0.1, 0.15) is 16.8 Å². The van der Waals surface area contributed by atoms with Gasteiger partial charge < -0.3 is 10.1 Å². The lowest BCUT2D eigenvalue weighted by Gasteiger charge is -2.16. The number of rotatable bonds is 4. The Morgan fingerprint density at radius 3 is 2.07 bits per heavy atom. The molecule has 0 aliphatic heterocycles. The first-order valence-corrected chi connectivity index (χ1v) is 8.10. The molecule has 1 aromatic heterocycles. The van der Waals surface area contributed by atoms with Crippen molar-refractivity contribution in [3.8, 4) is 5.75 Å². The third-order valence-corrected chi connectivity index (χ3v) is 4.05. The Labute approximate surface area is 156 Å². The quantitative estimate of drug-likeness (QED) is 0.540. The molecule has 9 heteroatoms. The molecule has 0 unspecified atom stereocenters. The molecule has 28 heavy (non-hydrogen) atoms. The van der Waals surface area contributed by atoms with E-state index < -0.39 is 18.2 Å². The lowest BCUT2D eigenvalue weighted by atomic mass is 10.0. The van der Waals surface area contributed by atoms with Crippen molar-refractivity contribution in [2.24, 2.45) is 0 Å². The molecule has 0 aliphatic rings. The number of aromatic nitrogens is 1. The minimum atomic E-state index is -4.79. The van der Waals surface area contributed by atoms with Crippen LogP contribution in [0.25, 0.3) is 10.8 Å². The maximum atomic E-state index is 13.4. The average Bonchev–Trinajstić information content (AvgIpc) is 2.60. The zero-order chi connectivity index (χ0) is 20.5. The van der Waals surface area contributed by atoms with Gasteiger partial charge in [-0.15, -0.1) is 13.2 Å². The lowest BCUT2D eigenvalue weighted by Crippen LogP contribution is -2.17. The van der Waals surface area contributed by atoms with Crippen LogP contribution in [0.4, 0.5) is 32.2 Å². The Kier molecular flexibility index (Phi) is 5.10. The topological polar surface area (TPSA) is 34.1 Å². The number of benzene rings is 2. The van der Waals surface area contributed by atoms with E-state index >= 15 is 0 Å². The highest BCUT2D eigenvalue weighted by molar-refractivity contribution is 5.90. The van der Waals surface area contributed by atoms with Gasteiger partial charge in [0.15, 0.2) is 5.69 Å². The van der Waals surface area contributed by atoms with Gasteiger partial charge in [0, 0.05) is 11.9 Å². The summed E-state index contributed by atoms with van der Waals surface area (Å²) in [5, 5.41) is 3.25. The molecule has 0 atom stereocenters. The van der Waals surface area contributed by atoms with Gasteiger partial charge in [-0.2, -0.15) is 13.2 Å². The molecule has 1 heterocycles. The Hall–Kier alpha value is -2.97. The molecule has 0 fully saturated rings. The molecule has 3 aromatic rings. The first-order chi connectivity index (χ1) is 13.0. The van der Waals surface area contributed by atoms with E-state index in [0.717, 1.165) is 12.1 Å². The zero-order valence-electron chi connectivity index (χ0n) is 14.4. The molecular formula is C19H14F6N2O. The number of nitrogens with zero attached hydrogens (tertiary/aromatic N) is 1. The van der Waals surface area contributed by atoms with Gasteiger partial charge in [0.2, 0.25) is 0 Å². The average molecular weight is 400 g/mol. The third-order valence-electron chi connectivity index (χ3n) is 4.05. The maximum Gasteiger partial charge on any atom is 0.573 e. The molecule has 0 amide bonds. The van der Waals surface area contributed by atoms with Crippen LogP contribution in [0.5, 0.6) is 5.75 Å². The summed E-state index contributed by atoms with van der Waals surface area (Å²) >= 11 is 0. The summed E-state index contributed by atoms with van der Waals surface area (Å²) in [6.07, 6.45) is -9.42. The second-order valence-electron chi connectivity index (χ2n) is 6.02. The molecule has 0 spiro atoms. The first-order valence-electron chi connectivity index (χ1n) is 8.10. The van der Waals surface area contributed by atoms with Crippen LogP contribution in [0.3, 0.4) is 0 Å². The van der Waals surface area contributed by atoms with Gasteiger partial charge in [-0.3, -0.25) is 0 Å². The molecule has 0 saturated heterocycles. The number of nitrogens with one attached hydrogen (secondary N) is 1. The highest BCUT2D eigenvalue weighted by Crippen LogP contribution is 2.36. The number of fused-ring (bicyclic) bond motifs is 1. The summed E-state index contributed by atoms with van der Waals surface area (Å²) in [4.78, 5) is 3.74. The molecule has 148 valence electrons. The van der Waals surface area contributed by atoms with E-state index in [1.54, 1.807) is 19.1 Å². The Morgan fingerprint density at radius 1 is 0.893 bits per heavy atom. The monoisotopic (exact) mass is 400 g/mol. The molecular weight excluding hydrogens is 386 g/mol. The molecule has 0 aliphatic carbocycles. The van der Waals surface area contributed by atoms with Crippen LogP contribution in [-0.2, 0) is 12.7 Å². The summed E-state index contributed by atoms with van der Waals surface area (Å²) in [6, 6.07) is 11.1. The Balaban J connectivity index is 1.86. The molecule has 0 saturated carbocycles. The summed E-state index contributed by atoms with van der Waals surface area (Å²) in [5.74, 6) is -0.322. The SMILES string of the molecule is Cc1c(NCc2ccc(OC(F)(F)F)cc2)nc(C(F)(F)F)c2ccccc12. The van der Waals surface area contributed by atoms with E-state index in [0.29, 0.717) is 16.5 Å². The largest absolute Gasteiger partial charge is 0.573 e. The number of alkyl halides is 6. The molecule has 1 N–H and O–H groups in total. The minimum Gasteiger partial charge on any atom is -0.406 e. The van der Waals surface area contributed by atoms with Gasteiger partial charge in [0.25, 0.3) is 0 Å². The van der Waals surface area contributed by atoms with Crippen LogP contribution in [-0.4, -0.2) is 11.3 Å². The molecule has 0 bridgehead atoms. The lowest BCUT2D eigenvalue weighted by molar-refractivity contribution is -0.274. The molecule has 3 rings (SSSR count). The summed E-state index contributed by atoms with van der Waals surface area (Å²) in [5.41, 5.74) is 0.100. The van der Waals surface area contributed by atoms with Crippen molar-refractivity contribution in [2.75, 3.05) is 5.32 Å². The normalized spacial score (nSPS) is 12.2. The first kappa shape index (κ1) is 19.8. The molecule has 2 aromatic carbocycles. The van der Waals surface area contributed by atoms with Crippen LogP contribution >= 0.6 is 0 Å². The van der Waals surface area contributed by atoms with E-state index in [-0.39, 0.29) is 23.5 Å². The fourth-order valence-electron chi connectivity index (χ4n) is 2.78. The van der Waals surface area contributed by atoms with Crippen molar-refractivity contribution in [3.63, 3.8) is 0 Å². The van der Waals surface area contributed by atoms with Crippen LogP contribution in [0.15, 0.2) is 48.5 Å². The highest BCUT2D eigenvalue weighted by Gasteiger charge is 2.35. The summed E-state index contributed by atoms with van der Waals surface area (Å²) in [6.45, 7) is 1.73. The Morgan fingerprint density at radius 2 is 1.50 bits per heavy atom. The smallest absolute Gasteiger partial charge is 0.406 e. The van der Waals surface area contributed by atoms with Crippen molar-refractivity contribution in [3.05, 3.63) is 65.4 Å². The van der Waals surface area contributed by atoms with Gasteiger partial charge in [0.05, 0.1) is 0 Å². The minimum absolute atomic E-state index is 0.00621. The number of ether oxygens (including phenoxy) is 1. The second kappa shape index (κ2) is 7.21. The van der Waals surface area contributed by atoms with Gasteiger partial charge >= 0.3 is 12.5 Å². The summed E-state index contributed by atoms with van der Waals surface area (Å²) < 4.78 is 80.5. The van der Waals surface area contributed by atoms with Crippen LogP contribution in [0.2, 0.25) is 0 Å². The Bertz CT molecular complexity index is 981. The third kappa shape index (κ3) is 4.47. The van der Waals surface area contributed by atoms with E-state index in [1.807, 2.05) is 0 Å². The van der Waals surface area contributed by atoms with E-state index in [4.69, 9.17) is 0 Å². The predicted molar refractivity (Wildman–Crippen MR) is 91.9 cm³/mol. The maximum absolute atomic E-state index is 13.4. The van der Waals surface area contributed by atoms with Gasteiger partial charge in [-0.1, -0.05) is 36.4 Å². The van der Waals surface area contributed by atoms with E-state index in [2.05, 4.69) is 15.0 Å². The van der Waals surface area contributed by atoms with Crippen molar-refractivity contribution in [2.45, 2.75) is 26.0 Å². The van der Waals surface area contributed by atoms with Crippen LogP contribution in [0, 0.1) is 6.92 Å². The molecule has 0 radical (unpaired) electrons. The van der Waals surface area contributed by atoms with Gasteiger partial charge in [0.1, 0.15) is 11.6 Å². The fraction of sp³-hybridized carbons (Fsp3) is 0.211. The second-order valence-corrected chi connectivity index (χ2v) is 6.02. The van der Waals surface area contributed by atoms with Crippen LogP contribution < -0.4 is 10.1 Å².